The Bertz CT molecular complexity index is 944. The minimum absolute atomic E-state index is 0.0193. The van der Waals surface area contributed by atoms with Crippen molar-refractivity contribution in [3.05, 3.63) is 46.5 Å². The molecule has 1 aromatic carbocycles. The number of methoxy groups -OCH3 is 1. The van der Waals surface area contributed by atoms with E-state index in [4.69, 9.17) is 4.74 Å². The third-order valence-electron chi connectivity index (χ3n) is 5.83. The van der Waals surface area contributed by atoms with Crippen LogP contribution in [0.5, 0.6) is 0 Å². The number of aryl methyl sites for hydroxylation is 1. The molecule has 34 heavy (non-hydrogen) atoms. The molecule has 0 aliphatic rings. The van der Waals surface area contributed by atoms with Crippen molar-refractivity contribution < 1.29 is 23.1 Å². The molecule has 2 atom stereocenters. The summed E-state index contributed by atoms with van der Waals surface area (Å²) in [5.74, 6) is -1.76. The van der Waals surface area contributed by atoms with Crippen LogP contribution in [-0.4, -0.2) is 35.6 Å². The fourth-order valence-corrected chi connectivity index (χ4v) is 4.38. The molecule has 6 nitrogen and oxygen atoms in total. The van der Waals surface area contributed by atoms with Gasteiger partial charge in [0.25, 0.3) is 0 Å². The van der Waals surface area contributed by atoms with Crippen LogP contribution in [-0.2, 0) is 20.7 Å². The zero-order valence-corrected chi connectivity index (χ0v) is 21.4. The van der Waals surface area contributed by atoms with Gasteiger partial charge in [0.15, 0.2) is 5.13 Å². The molecule has 0 radical (unpaired) electrons. The van der Waals surface area contributed by atoms with Crippen molar-refractivity contribution in [2.24, 2.45) is 0 Å². The Hall–Kier alpha value is -2.39. The maximum Gasteiger partial charge on any atom is 0.248 e. The molecular weight excluding hydrogens is 460 g/mol. The lowest BCUT2D eigenvalue weighted by Crippen LogP contribution is -2.43. The Morgan fingerprint density at radius 1 is 1.21 bits per heavy atom. The number of carbonyl (C=O) groups is 2. The quantitative estimate of drug-likeness (QED) is 0.380. The van der Waals surface area contributed by atoms with Gasteiger partial charge in [0.2, 0.25) is 11.8 Å². The first-order valence-electron chi connectivity index (χ1n) is 11.6. The van der Waals surface area contributed by atoms with Crippen LogP contribution in [0.25, 0.3) is 0 Å². The predicted molar refractivity (Wildman–Crippen MR) is 131 cm³/mol. The first-order valence-corrected chi connectivity index (χ1v) is 12.4. The van der Waals surface area contributed by atoms with E-state index in [1.807, 2.05) is 0 Å². The van der Waals surface area contributed by atoms with Crippen molar-refractivity contribution >= 4 is 28.3 Å². The van der Waals surface area contributed by atoms with E-state index in [0.717, 1.165) is 30.2 Å². The summed E-state index contributed by atoms with van der Waals surface area (Å²) in [4.78, 5) is 30.4. The van der Waals surface area contributed by atoms with Crippen LogP contribution in [0.4, 0.5) is 13.9 Å². The van der Waals surface area contributed by atoms with Crippen molar-refractivity contribution in [2.45, 2.75) is 83.8 Å². The summed E-state index contributed by atoms with van der Waals surface area (Å²) >= 11 is 1.43. The van der Waals surface area contributed by atoms with Crippen molar-refractivity contribution in [1.29, 1.82) is 0 Å². The van der Waals surface area contributed by atoms with Gasteiger partial charge in [0.1, 0.15) is 17.7 Å². The van der Waals surface area contributed by atoms with Crippen LogP contribution >= 0.6 is 11.3 Å². The van der Waals surface area contributed by atoms with E-state index >= 15 is 0 Å². The zero-order valence-electron chi connectivity index (χ0n) is 20.5. The number of aromatic nitrogens is 1. The fraction of sp³-hybridized carbons (Fsp3) is 0.560. The van der Waals surface area contributed by atoms with Crippen LogP contribution < -0.4 is 10.6 Å². The second kappa shape index (κ2) is 12.9. The lowest BCUT2D eigenvalue weighted by molar-refractivity contribution is -0.126. The van der Waals surface area contributed by atoms with Gasteiger partial charge in [-0.2, -0.15) is 0 Å². The highest BCUT2D eigenvalue weighted by molar-refractivity contribution is 7.15. The molecule has 0 aliphatic carbocycles. The van der Waals surface area contributed by atoms with Gasteiger partial charge in [0.05, 0.1) is 5.60 Å². The normalized spacial score (nSPS) is 13.4. The Kier molecular flexibility index (Phi) is 10.6. The van der Waals surface area contributed by atoms with Crippen LogP contribution in [0, 0.1) is 11.6 Å². The van der Waals surface area contributed by atoms with Crippen LogP contribution in [0.15, 0.2) is 24.4 Å². The molecule has 0 saturated heterocycles. The van der Waals surface area contributed by atoms with Gasteiger partial charge < -0.3 is 15.4 Å². The highest BCUT2D eigenvalue weighted by Gasteiger charge is 2.21. The van der Waals surface area contributed by atoms with Crippen LogP contribution in [0.3, 0.4) is 0 Å². The Morgan fingerprint density at radius 3 is 2.50 bits per heavy atom. The van der Waals surface area contributed by atoms with Crippen molar-refractivity contribution in [2.75, 3.05) is 12.4 Å². The highest BCUT2D eigenvalue weighted by atomic mass is 32.1. The summed E-state index contributed by atoms with van der Waals surface area (Å²) in [7, 11) is 1.72. The van der Waals surface area contributed by atoms with Gasteiger partial charge in [-0.25, -0.2) is 13.8 Å². The lowest BCUT2D eigenvalue weighted by Gasteiger charge is -2.23. The number of thiazole rings is 1. The summed E-state index contributed by atoms with van der Waals surface area (Å²) in [6, 6.07) is 2.45. The van der Waals surface area contributed by atoms with Crippen LogP contribution in [0.1, 0.15) is 76.2 Å². The number of hydrogen-bond acceptors (Lipinski definition) is 5. The molecule has 2 aromatic rings. The minimum Gasteiger partial charge on any atom is -0.379 e. The molecule has 0 aliphatic heterocycles. The standard InChI is InChI=1S/C25H35F2N3O3S/c1-6-20(29-22(31)10-9-17-12-18(26)14-19(27)13-17)23(32)30-24-28-15-21(34-24)16(2)8-7-11-25(3,4)33-5/h12-16,20H,6-11H2,1-5H3,(H,29,31)(H,28,30,32)/t16-,20+/m1/s1. The van der Waals surface area contributed by atoms with Gasteiger partial charge in [-0.15, -0.1) is 11.3 Å². The Labute approximate surface area is 204 Å². The average Bonchev–Trinajstić information content (AvgIpc) is 3.23. The summed E-state index contributed by atoms with van der Waals surface area (Å²) < 4.78 is 32.1. The monoisotopic (exact) mass is 495 g/mol. The van der Waals surface area contributed by atoms with Gasteiger partial charge in [-0.1, -0.05) is 13.8 Å². The lowest BCUT2D eigenvalue weighted by atomic mass is 9.96. The number of anilines is 1. The topological polar surface area (TPSA) is 80.3 Å². The molecule has 9 heteroatoms. The van der Waals surface area contributed by atoms with E-state index in [0.29, 0.717) is 23.0 Å². The fourth-order valence-electron chi connectivity index (χ4n) is 3.48. The van der Waals surface area contributed by atoms with Gasteiger partial charge in [-0.3, -0.25) is 9.59 Å². The number of nitrogens with one attached hydrogen (secondary N) is 2. The zero-order chi connectivity index (χ0) is 25.3. The molecule has 1 aromatic heterocycles. The van der Waals surface area contributed by atoms with Crippen LogP contribution in [0.2, 0.25) is 0 Å². The van der Waals surface area contributed by atoms with E-state index in [-0.39, 0.29) is 30.3 Å². The molecule has 0 spiro atoms. The molecule has 2 rings (SSSR count). The molecule has 2 N–H and O–H groups in total. The average molecular weight is 496 g/mol. The SMILES string of the molecule is CC[C@H](NC(=O)CCc1cc(F)cc(F)c1)C(=O)Nc1ncc([C@H](C)CCCC(C)(C)OC)s1. The second-order valence-electron chi connectivity index (χ2n) is 9.12. The van der Waals surface area contributed by atoms with Crippen molar-refractivity contribution in [3.8, 4) is 0 Å². The summed E-state index contributed by atoms with van der Waals surface area (Å²) in [5, 5.41) is 5.97. The number of amides is 2. The largest absolute Gasteiger partial charge is 0.379 e. The molecule has 0 bridgehead atoms. The first kappa shape index (κ1) is 27.9. The number of rotatable bonds is 13. The third kappa shape index (κ3) is 9.10. The number of hydrogen-bond donors (Lipinski definition) is 2. The van der Waals surface area contributed by atoms with E-state index in [1.165, 1.54) is 23.5 Å². The molecule has 0 fully saturated rings. The number of carbonyl (C=O) groups excluding carboxylic acids is 2. The van der Waals surface area contributed by atoms with E-state index in [9.17, 15) is 18.4 Å². The second-order valence-corrected chi connectivity index (χ2v) is 10.2. The van der Waals surface area contributed by atoms with E-state index in [1.54, 1.807) is 20.2 Å². The first-order chi connectivity index (χ1) is 16.0. The Morgan fingerprint density at radius 2 is 1.88 bits per heavy atom. The molecule has 0 unspecified atom stereocenters. The molecule has 188 valence electrons. The van der Waals surface area contributed by atoms with Gasteiger partial charge in [-0.05, 0) is 69.6 Å². The maximum absolute atomic E-state index is 13.3. The maximum atomic E-state index is 13.3. The summed E-state index contributed by atoms with van der Waals surface area (Å²) in [6.45, 7) is 8.08. The van der Waals surface area contributed by atoms with Crippen molar-refractivity contribution in [3.63, 3.8) is 0 Å². The number of halogens is 2. The van der Waals surface area contributed by atoms with E-state index < -0.39 is 17.7 Å². The number of nitrogens with zero attached hydrogens (tertiary/aromatic N) is 1. The van der Waals surface area contributed by atoms with Crippen molar-refractivity contribution in [1.82, 2.24) is 10.3 Å². The molecule has 0 saturated carbocycles. The number of benzene rings is 1. The molecule has 1 heterocycles. The highest BCUT2D eigenvalue weighted by Crippen LogP contribution is 2.30. The predicted octanol–water partition coefficient (Wildman–Crippen LogP) is 5.59. The third-order valence-corrected chi connectivity index (χ3v) is 6.98. The molecular formula is C25H35F2N3O3S. The van der Waals surface area contributed by atoms with E-state index in [2.05, 4.69) is 36.4 Å². The van der Waals surface area contributed by atoms with Gasteiger partial charge >= 0.3 is 0 Å². The Balaban J connectivity index is 1.84. The molecule has 2 amide bonds. The minimum atomic E-state index is -0.724. The number of ether oxygens (including phenoxy) is 1. The summed E-state index contributed by atoms with van der Waals surface area (Å²) in [6.07, 6.45) is 5.35. The summed E-state index contributed by atoms with van der Waals surface area (Å²) in [5.41, 5.74) is 0.250. The van der Waals surface area contributed by atoms with Gasteiger partial charge in [0, 0.05) is 30.7 Å². The smallest absolute Gasteiger partial charge is 0.248 e.